The van der Waals surface area contributed by atoms with Gasteiger partial charge in [-0.15, -0.1) is 0 Å². The first-order chi connectivity index (χ1) is 7.77. The second-order valence-corrected chi connectivity index (χ2v) is 3.67. The van der Waals surface area contributed by atoms with Crippen molar-refractivity contribution in [2.45, 2.75) is 25.6 Å². The smallest absolute Gasteiger partial charge is 0.308 e. The molecule has 1 N–H and O–H groups in total. The topological polar surface area (TPSA) is 12.0 Å². The predicted octanol–water partition coefficient (Wildman–Crippen LogP) is 3.54. The van der Waals surface area contributed by atoms with E-state index in [4.69, 9.17) is 0 Å². The fourth-order valence-corrected chi connectivity index (χ4v) is 1.62. The third-order valence-electron chi connectivity index (χ3n) is 2.50. The normalized spacial score (nSPS) is 14.1. The van der Waals surface area contributed by atoms with Crippen LogP contribution < -0.4 is 5.32 Å². The highest BCUT2D eigenvalue weighted by Gasteiger charge is 2.31. The first-order valence-corrected chi connectivity index (χ1v) is 4.90. The number of rotatable bonds is 3. The minimum absolute atomic E-state index is 0.176. The Balaban J connectivity index is 3.13. The quantitative estimate of drug-likeness (QED) is 0.812. The fourth-order valence-electron chi connectivity index (χ4n) is 1.62. The van der Waals surface area contributed by atoms with Crippen LogP contribution >= 0.6 is 0 Å². The van der Waals surface area contributed by atoms with Crippen LogP contribution in [0, 0.1) is 6.92 Å². The Kier molecular flexibility index (Phi) is 4.08. The maximum atomic E-state index is 12.6. The molecule has 0 bridgehead atoms. The minimum Gasteiger partial charge on any atom is -0.308 e. The summed E-state index contributed by atoms with van der Waals surface area (Å²) in [5.74, 6) is 0. The summed E-state index contributed by atoms with van der Waals surface area (Å²) in [5, 5.41) is 2.39. The van der Waals surface area contributed by atoms with E-state index in [1.807, 2.05) is 0 Å². The van der Waals surface area contributed by atoms with Crippen LogP contribution in [0.15, 0.2) is 18.2 Å². The lowest BCUT2D eigenvalue weighted by molar-refractivity contribution is -0.137. The molecule has 0 radical (unpaired) electrons. The average Bonchev–Trinajstić information content (AvgIpc) is 2.19. The maximum Gasteiger partial charge on any atom is 0.416 e. The highest BCUT2D eigenvalue weighted by Crippen LogP contribution is 2.32. The standard InChI is InChI=1S/C11H12F5N/c1-6-5-7(11(14,15)16)3-4-8(6)9(17-2)10(12)13/h3-5,9-10,17H,1-2H3. The van der Waals surface area contributed by atoms with Gasteiger partial charge in [0, 0.05) is 0 Å². The Morgan fingerprint density at radius 2 is 1.76 bits per heavy atom. The largest absolute Gasteiger partial charge is 0.416 e. The van der Waals surface area contributed by atoms with Gasteiger partial charge in [-0.3, -0.25) is 0 Å². The van der Waals surface area contributed by atoms with E-state index < -0.39 is 24.2 Å². The number of nitrogens with one attached hydrogen (secondary N) is 1. The molecular weight excluding hydrogens is 241 g/mol. The van der Waals surface area contributed by atoms with Crippen molar-refractivity contribution in [1.82, 2.24) is 5.32 Å². The van der Waals surface area contributed by atoms with E-state index in [1.54, 1.807) is 0 Å². The lowest BCUT2D eigenvalue weighted by Crippen LogP contribution is -2.24. The Morgan fingerprint density at radius 3 is 2.12 bits per heavy atom. The lowest BCUT2D eigenvalue weighted by atomic mass is 9.99. The molecule has 0 saturated carbocycles. The van der Waals surface area contributed by atoms with Gasteiger partial charge in [0.15, 0.2) is 0 Å². The number of aryl methyl sites for hydroxylation is 1. The van der Waals surface area contributed by atoms with E-state index >= 15 is 0 Å². The third kappa shape index (κ3) is 3.15. The van der Waals surface area contributed by atoms with Crippen molar-refractivity contribution in [3.63, 3.8) is 0 Å². The van der Waals surface area contributed by atoms with Gasteiger partial charge in [0.05, 0.1) is 11.6 Å². The SMILES string of the molecule is CNC(c1ccc(C(F)(F)F)cc1C)C(F)F. The second-order valence-electron chi connectivity index (χ2n) is 3.67. The Labute approximate surface area is 95.6 Å². The van der Waals surface area contributed by atoms with Gasteiger partial charge in [-0.05, 0) is 37.2 Å². The molecule has 0 amide bonds. The summed E-state index contributed by atoms with van der Waals surface area (Å²) in [6.45, 7) is 1.39. The molecule has 0 aliphatic heterocycles. The molecule has 0 saturated heterocycles. The van der Waals surface area contributed by atoms with Crippen LogP contribution in [0.4, 0.5) is 22.0 Å². The van der Waals surface area contributed by atoms with Crippen molar-refractivity contribution in [2.75, 3.05) is 7.05 Å². The van der Waals surface area contributed by atoms with E-state index in [1.165, 1.54) is 14.0 Å². The maximum absolute atomic E-state index is 12.6. The predicted molar refractivity (Wildman–Crippen MR) is 54.0 cm³/mol. The second kappa shape index (κ2) is 5.00. The number of halogens is 5. The van der Waals surface area contributed by atoms with E-state index in [9.17, 15) is 22.0 Å². The molecule has 0 aromatic heterocycles. The Morgan fingerprint density at radius 1 is 1.18 bits per heavy atom. The number of benzene rings is 1. The zero-order chi connectivity index (χ0) is 13.2. The first-order valence-electron chi connectivity index (χ1n) is 4.90. The van der Waals surface area contributed by atoms with Crippen molar-refractivity contribution in [1.29, 1.82) is 0 Å². The minimum atomic E-state index is -4.46. The molecule has 1 rings (SSSR count). The van der Waals surface area contributed by atoms with Crippen molar-refractivity contribution in [3.8, 4) is 0 Å². The van der Waals surface area contributed by atoms with E-state index in [0.29, 0.717) is 0 Å². The number of alkyl halides is 5. The van der Waals surface area contributed by atoms with Crippen molar-refractivity contribution >= 4 is 0 Å². The highest BCUT2D eigenvalue weighted by atomic mass is 19.4. The summed E-state index contributed by atoms with van der Waals surface area (Å²) in [6, 6.07) is 1.53. The summed E-state index contributed by atoms with van der Waals surface area (Å²) < 4.78 is 62.4. The lowest BCUT2D eigenvalue weighted by Gasteiger charge is -2.19. The molecule has 0 heterocycles. The van der Waals surface area contributed by atoms with Gasteiger partial charge >= 0.3 is 6.18 Å². The van der Waals surface area contributed by atoms with Crippen molar-refractivity contribution in [3.05, 3.63) is 34.9 Å². The van der Waals surface area contributed by atoms with E-state index in [0.717, 1.165) is 18.2 Å². The molecule has 6 heteroatoms. The molecule has 96 valence electrons. The summed E-state index contributed by atoms with van der Waals surface area (Å²) in [6.07, 6.45) is -7.13. The van der Waals surface area contributed by atoms with Crippen LogP contribution in [0.1, 0.15) is 22.7 Å². The summed E-state index contributed by atoms with van der Waals surface area (Å²) in [5.41, 5.74) is -0.460. The Hall–Kier alpha value is -1.17. The Bertz CT molecular complexity index is 386. The van der Waals surface area contributed by atoms with Crippen LogP contribution in [-0.2, 0) is 6.18 Å². The molecule has 1 aromatic rings. The summed E-state index contributed by atoms with van der Waals surface area (Å²) in [4.78, 5) is 0. The van der Waals surface area contributed by atoms with Crippen LogP contribution in [0.3, 0.4) is 0 Å². The molecule has 1 aromatic carbocycles. The highest BCUT2D eigenvalue weighted by molar-refractivity contribution is 5.34. The van der Waals surface area contributed by atoms with Gasteiger partial charge in [0.25, 0.3) is 6.43 Å². The van der Waals surface area contributed by atoms with Gasteiger partial charge in [-0.1, -0.05) is 6.07 Å². The number of hydrogen-bond donors (Lipinski definition) is 1. The van der Waals surface area contributed by atoms with Gasteiger partial charge in [-0.2, -0.15) is 13.2 Å². The molecule has 0 aliphatic carbocycles. The molecule has 1 atom stereocenters. The zero-order valence-electron chi connectivity index (χ0n) is 9.28. The summed E-state index contributed by atoms with van der Waals surface area (Å²) in [7, 11) is 1.34. The van der Waals surface area contributed by atoms with Gasteiger partial charge < -0.3 is 5.32 Å². The van der Waals surface area contributed by atoms with Gasteiger partial charge in [0.1, 0.15) is 0 Å². The molecule has 1 unspecified atom stereocenters. The van der Waals surface area contributed by atoms with Crippen LogP contribution in [0.25, 0.3) is 0 Å². The molecule has 0 fully saturated rings. The molecule has 1 nitrogen and oxygen atoms in total. The van der Waals surface area contributed by atoms with E-state index in [-0.39, 0.29) is 11.1 Å². The van der Waals surface area contributed by atoms with Crippen molar-refractivity contribution < 1.29 is 22.0 Å². The molecular formula is C11H12F5N. The molecule has 0 aliphatic rings. The monoisotopic (exact) mass is 253 g/mol. The summed E-state index contributed by atoms with van der Waals surface area (Å²) >= 11 is 0. The third-order valence-corrected chi connectivity index (χ3v) is 2.50. The fraction of sp³-hybridized carbons (Fsp3) is 0.455. The number of hydrogen-bond acceptors (Lipinski definition) is 1. The van der Waals surface area contributed by atoms with E-state index in [2.05, 4.69) is 5.32 Å². The zero-order valence-corrected chi connectivity index (χ0v) is 9.28. The van der Waals surface area contributed by atoms with Crippen LogP contribution in [-0.4, -0.2) is 13.5 Å². The van der Waals surface area contributed by atoms with Crippen LogP contribution in [0.2, 0.25) is 0 Å². The van der Waals surface area contributed by atoms with Crippen LogP contribution in [0.5, 0.6) is 0 Å². The molecule has 17 heavy (non-hydrogen) atoms. The molecule has 0 spiro atoms. The van der Waals surface area contributed by atoms with Crippen molar-refractivity contribution in [2.24, 2.45) is 0 Å². The first kappa shape index (κ1) is 13.9. The average molecular weight is 253 g/mol. The van der Waals surface area contributed by atoms with Gasteiger partial charge in [-0.25, -0.2) is 8.78 Å². The van der Waals surface area contributed by atoms with Gasteiger partial charge in [0.2, 0.25) is 0 Å².